The molecular formula is C9H11NO2. The van der Waals surface area contributed by atoms with E-state index in [-0.39, 0.29) is 11.5 Å². The highest BCUT2D eigenvalue weighted by Gasteiger charge is 2.07. The monoisotopic (exact) mass is 165 g/mol. The van der Waals surface area contributed by atoms with Crippen LogP contribution in [-0.2, 0) is 0 Å². The second-order valence-corrected chi connectivity index (χ2v) is 2.78. The maximum absolute atomic E-state index is 10.9. The van der Waals surface area contributed by atoms with Crippen molar-refractivity contribution in [2.75, 3.05) is 5.73 Å². The van der Waals surface area contributed by atoms with E-state index in [1.807, 2.05) is 0 Å². The summed E-state index contributed by atoms with van der Waals surface area (Å²) in [5.74, 6) is -0.0304. The van der Waals surface area contributed by atoms with Crippen molar-refractivity contribution < 1.29 is 9.90 Å². The summed E-state index contributed by atoms with van der Waals surface area (Å²) >= 11 is 0. The molecule has 0 aromatic heterocycles. The molecule has 0 aliphatic heterocycles. The molecule has 3 nitrogen and oxygen atoms in total. The molecule has 1 aromatic carbocycles. The standard InChI is InChI=1S/C9H11NO2/c1-5-3-8(10)7(6(2)11)4-9(5)12/h3-4,12H,10H2,1-2H3. The van der Waals surface area contributed by atoms with Crippen LogP contribution in [-0.4, -0.2) is 10.9 Å². The number of phenols is 1. The second-order valence-electron chi connectivity index (χ2n) is 2.78. The Labute approximate surface area is 70.8 Å². The Morgan fingerprint density at radius 2 is 2.08 bits per heavy atom. The van der Waals surface area contributed by atoms with Gasteiger partial charge in [-0.3, -0.25) is 4.79 Å². The van der Waals surface area contributed by atoms with Crippen molar-refractivity contribution >= 4 is 11.5 Å². The van der Waals surface area contributed by atoms with Crippen molar-refractivity contribution in [2.24, 2.45) is 0 Å². The summed E-state index contributed by atoms with van der Waals surface area (Å²) in [5.41, 5.74) is 7.03. The predicted molar refractivity (Wildman–Crippen MR) is 47.3 cm³/mol. The van der Waals surface area contributed by atoms with Gasteiger partial charge in [-0.2, -0.15) is 0 Å². The van der Waals surface area contributed by atoms with Gasteiger partial charge in [-0.1, -0.05) is 0 Å². The fraction of sp³-hybridized carbons (Fsp3) is 0.222. The molecule has 0 amide bonds. The zero-order chi connectivity index (χ0) is 9.30. The van der Waals surface area contributed by atoms with Crippen LogP contribution in [0.1, 0.15) is 22.8 Å². The summed E-state index contributed by atoms with van der Waals surface area (Å²) in [6.45, 7) is 3.15. The number of ketones is 1. The zero-order valence-corrected chi connectivity index (χ0v) is 7.09. The number of anilines is 1. The van der Waals surface area contributed by atoms with E-state index in [9.17, 15) is 9.90 Å². The number of hydrogen-bond acceptors (Lipinski definition) is 3. The molecular weight excluding hydrogens is 154 g/mol. The third kappa shape index (κ3) is 1.39. The van der Waals surface area contributed by atoms with Crippen molar-refractivity contribution in [1.29, 1.82) is 0 Å². The van der Waals surface area contributed by atoms with Gasteiger partial charge in [0.2, 0.25) is 0 Å². The number of aromatic hydroxyl groups is 1. The molecule has 0 bridgehead atoms. The van der Waals surface area contributed by atoms with Crippen LogP contribution in [0.2, 0.25) is 0 Å². The molecule has 64 valence electrons. The molecule has 0 fully saturated rings. The molecule has 0 saturated heterocycles. The lowest BCUT2D eigenvalue weighted by Gasteiger charge is -2.04. The molecule has 0 unspecified atom stereocenters. The molecule has 0 radical (unpaired) electrons. The Hall–Kier alpha value is -1.51. The van der Waals surface area contributed by atoms with E-state index in [2.05, 4.69) is 0 Å². The number of nitrogen functional groups attached to an aromatic ring is 1. The maximum Gasteiger partial charge on any atom is 0.162 e. The number of aryl methyl sites for hydroxylation is 1. The number of carbonyl (C=O) groups excluding carboxylic acids is 1. The summed E-state index contributed by atoms with van der Waals surface area (Å²) in [6.07, 6.45) is 0. The molecule has 12 heavy (non-hydrogen) atoms. The first-order chi connectivity index (χ1) is 5.52. The third-order valence-corrected chi connectivity index (χ3v) is 1.75. The highest BCUT2D eigenvalue weighted by Crippen LogP contribution is 2.23. The Bertz CT molecular complexity index is 332. The van der Waals surface area contributed by atoms with E-state index >= 15 is 0 Å². The molecule has 1 aromatic rings. The molecule has 0 atom stereocenters. The quantitative estimate of drug-likeness (QED) is 0.376. The molecule has 3 N–H and O–H groups in total. The number of Topliss-reactive ketones (excluding diaryl/α,β-unsaturated/α-hetero) is 1. The first-order valence-electron chi connectivity index (χ1n) is 3.62. The lowest BCUT2D eigenvalue weighted by atomic mass is 10.1. The van der Waals surface area contributed by atoms with Crippen LogP contribution in [0, 0.1) is 6.92 Å². The van der Waals surface area contributed by atoms with E-state index in [0.29, 0.717) is 16.8 Å². The summed E-state index contributed by atoms with van der Waals surface area (Å²) in [5, 5.41) is 9.27. The van der Waals surface area contributed by atoms with Gasteiger partial charge < -0.3 is 10.8 Å². The van der Waals surface area contributed by atoms with Crippen LogP contribution < -0.4 is 5.73 Å². The first-order valence-corrected chi connectivity index (χ1v) is 3.62. The summed E-state index contributed by atoms with van der Waals surface area (Å²) in [6, 6.07) is 2.99. The van der Waals surface area contributed by atoms with E-state index in [1.54, 1.807) is 13.0 Å². The fourth-order valence-electron chi connectivity index (χ4n) is 1.02. The molecule has 0 aliphatic rings. The van der Waals surface area contributed by atoms with Gasteiger partial charge in [0.1, 0.15) is 5.75 Å². The van der Waals surface area contributed by atoms with Crippen molar-refractivity contribution in [1.82, 2.24) is 0 Å². The van der Waals surface area contributed by atoms with Gasteiger partial charge in [-0.05, 0) is 31.5 Å². The van der Waals surface area contributed by atoms with Crippen molar-refractivity contribution in [3.05, 3.63) is 23.3 Å². The van der Waals surface area contributed by atoms with Gasteiger partial charge in [0.15, 0.2) is 5.78 Å². The molecule has 0 heterocycles. The van der Waals surface area contributed by atoms with E-state index in [4.69, 9.17) is 5.73 Å². The highest BCUT2D eigenvalue weighted by atomic mass is 16.3. The summed E-state index contributed by atoms with van der Waals surface area (Å²) < 4.78 is 0. The highest BCUT2D eigenvalue weighted by molar-refractivity contribution is 5.99. The normalized spacial score (nSPS) is 9.83. The summed E-state index contributed by atoms with van der Waals surface area (Å²) in [7, 11) is 0. The first kappa shape index (κ1) is 8.59. The minimum Gasteiger partial charge on any atom is -0.508 e. The van der Waals surface area contributed by atoms with Gasteiger partial charge in [0, 0.05) is 11.3 Å². The Morgan fingerprint density at radius 3 is 2.58 bits per heavy atom. The van der Waals surface area contributed by atoms with E-state index in [1.165, 1.54) is 13.0 Å². The van der Waals surface area contributed by atoms with Gasteiger partial charge in [-0.15, -0.1) is 0 Å². The lowest BCUT2D eigenvalue weighted by Crippen LogP contribution is -1.99. The fourth-order valence-corrected chi connectivity index (χ4v) is 1.02. The van der Waals surface area contributed by atoms with E-state index < -0.39 is 0 Å². The van der Waals surface area contributed by atoms with Crippen LogP contribution in [0.4, 0.5) is 5.69 Å². The van der Waals surface area contributed by atoms with Crippen LogP contribution in [0.3, 0.4) is 0 Å². The maximum atomic E-state index is 10.9. The number of benzene rings is 1. The molecule has 1 rings (SSSR count). The smallest absolute Gasteiger partial charge is 0.162 e. The van der Waals surface area contributed by atoms with Crippen molar-refractivity contribution in [2.45, 2.75) is 13.8 Å². The van der Waals surface area contributed by atoms with Gasteiger partial charge in [0.25, 0.3) is 0 Å². The lowest BCUT2D eigenvalue weighted by molar-refractivity contribution is 0.101. The Morgan fingerprint density at radius 1 is 1.50 bits per heavy atom. The number of rotatable bonds is 1. The average Bonchev–Trinajstić information content (AvgIpc) is 1.96. The van der Waals surface area contributed by atoms with Crippen LogP contribution in [0.5, 0.6) is 5.75 Å². The topological polar surface area (TPSA) is 63.3 Å². The minimum atomic E-state index is -0.136. The molecule has 0 spiro atoms. The Balaban J connectivity index is 3.33. The summed E-state index contributed by atoms with van der Waals surface area (Å²) in [4.78, 5) is 10.9. The minimum absolute atomic E-state index is 0.106. The van der Waals surface area contributed by atoms with Crippen LogP contribution >= 0.6 is 0 Å². The molecule has 0 aliphatic carbocycles. The second kappa shape index (κ2) is 2.85. The van der Waals surface area contributed by atoms with Crippen LogP contribution in [0.15, 0.2) is 12.1 Å². The average molecular weight is 165 g/mol. The van der Waals surface area contributed by atoms with Gasteiger partial charge in [0.05, 0.1) is 0 Å². The zero-order valence-electron chi connectivity index (χ0n) is 7.09. The van der Waals surface area contributed by atoms with Gasteiger partial charge >= 0.3 is 0 Å². The number of hydrogen-bond donors (Lipinski definition) is 2. The third-order valence-electron chi connectivity index (χ3n) is 1.75. The number of phenolic OH excluding ortho intramolecular Hbond substituents is 1. The van der Waals surface area contributed by atoms with Gasteiger partial charge in [-0.25, -0.2) is 0 Å². The predicted octanol–water partition coefficient (Wildman–Crippen LogP) is 1.49. The number of carbonyl (C=O) groups is 1. The molecule has 0 saturated carbocycles. The molecule has 3 heteroatoms. The number of nitrogens with two attached hydrogens (primary N) is 1. The van der Waals surface area contributed by atoms with Crippen molar-refractivity contribution in [3.8, 4) is 5.75 Å². The van der Waals surface area contributed by atoms with Crippen molar-refractivity contribution in [3.63, 3.8) is 0 Å². The van der Waals surface area contributed by atoms with Crippen LogP contribution in [0.25, 0.3) is 0 Å². The van der Waals surface area contributed by atoms with E-state index in [0.717, 1.165) is 0 Å². The largest absolute Gasteiger partial charge is 0.508 e. The SMILES string of the molecule is CC(=O)c1cc(O)c(C)cc1N. The Kier molecular flexibility index (Phi) is 2.04.